The molecule has 1 aliphatic heterocycles. The van der Waals surface area contributed by atoms with Crippen LogP contribution in [0.5, 0.6) is 0 Å². The van der Waals surface area contributed by atoms with Crippen molar-refractivity contribution < 1.29 is 14.4 Å². The number of hydrogen-bond donors (Lipinski definition) is 1. The SMILES string of the molecule is CSCCC(=O)NCCN1C(=O)S/C(=C\c2ccccc2)C1=O. The number of rotatable bonds is 7. The van der Waals surface area contributed by atoms with Crippen LogP contribution >= 0.6 is 23.5 Å². The van der Waals surface area contributed by atoms with E-state index in [9.17, 15) is 14.4 Å². The van der Waals surface area contributed by atoms with Crippen LogP contribution in [0, 0.1) is 0 Å². The van der Waals surface area contributed by atoms with Gasteiger partial charge >= 0.3 is 0 Å². The van der Waals surface area contributed by atoms with Gasteiger partial charge in [-0.1, -0.05) is 30.3 Å². The van der Waals surface area contributed by atoms with Gasteiger partial charge in [0.25, 0.3) is 11.1 Å². The summed E-state index contributed by atoms with van der Waals surface area (Å²) in [5.41, 5.74) is 0.878. The molecule has 23 heavy (non-hydrogen) atoms. The Balaban J connectivity index is 1.89. The Morgan fingerprint density at radius 2 is 2.04 bits per heavy atom. The first-order chi connectivity index (χ1) is 11.1. The van der Waals surface area contributed by atoms with Crippen LogP contribution < -0.4 is 5.32 Å². The summed E-state index contributed by atoms with van der Waals surface area (Å²) in [6.45, 7) is 0.478. The average molecular weight is 350 g/mol. The first-order valence-electron chi connectivity index (χ1n) is 7.18. The van der Waals surface area contributed by atoms with Gasteiger partial charge in [-0.15, -0.1) is 0 Å². The lowest BCUT2D eigenvalue weighted by Crippen LogP contribution is -2.37. The zero-order chi connectivity index (χ0) is 16.7. The van der Waals surface area contributed by atoms with Gasteiger partial charge in [-0.25, -0.2) is 0 Å². The van der Waals surface area contributed by atoms with Crippen molar-refractivity contribution >= 4 is 46.7 Å². The van der Waals surface area contributed by atoms with E-state index in [4.69, 9.17) is 0 Å². The molecule has 0 radical (unpaired) electrons. The molecule has 0 unspecified atom stereocenters. The highest BCUT2D eigenvalue weighted by atomic mass is 32.2. The molecule has 5 nitrogen and oxygen atoms in total. The second kappa shape index (κ2) is 8.79. The van der Waals surface area contributed by atoms with E-state index >= 15 is 0 Å². The van der Waals surface area contributed by atoms with Gasteiger partial charge in [0.1, 0.15) is 0 Å². The molecule has 1 aromatic carbocycles. The van der Waals surface area contributed by atoms with Crippen molar-refractivity contribution in [2.75, 3.05) is 25.1 Å². The minimum atomic E-state index is -0.304. The molecule has 1 fully saturated rings. The minimum absolute atomic E-state index is 0.0638. The molecule has 122 valence electrons. The fourth-order valence-corrected chi connectivity index (χ4v) is 3.24. The molecule has 0 spiro atoms. The molecular formula is C16H18N2O3S2. The van der Waals surface area contributed by atoms with Crippen molar-refractivity contribution in [3.05, 3.63) is 40.8 Å². The molecule has 1 aromatic rings. The number of nitrogens with one attached hydrogen (secondary N) is 1. The maximum absolute atomic E-state index is 12.3. The number of benzene rings is 1. The summed E-state index contributed by atoms with van der Waals surface area (Å²) in [6, 6.07) is 9.39. The highest BCUT2D eigenvalue weighted by molar-refractivity contribution is 8.18. The zero-order valence-electron chi connectivity index (χ0n) is 12.8. The number of hydrogen-bond acceptors (Lipinski definition) is 5. The summed E-state index contributed by atoms with van der Waals surface area (Å²) in [5, 5.41) is 2.43. The van der Waals surface area contributed by atoms with Gasteiger partial charge < -0.3 is 5.32 Å². The summed E-state index contributed by atoms with van der Waals surface area (Å²) in [4.78, 5) is 37.3. The maximum Gasteiger partial charge on any atom is 0.293 e. The number of imide groups is 1. The molecule has 1 aliphatic rings. The van der Waals surface area contributed by atoms with E-state index in [0.717, 1.165) is 23.1 Å². The van der Waals surface area contributed by atoms with E-state index in [1.807, 2.05) is 36.6 Å². The largest absolute Gasteiger partial charge is 0.354 e. The standard InChI is InChI=1S/C16H18N2O3S2/c1-22-10-7-14(19)17-8-9-18-15(20)13(23-16(18)21)11-12-5-3-2-4-6-12/h2-6,11H,7-10H2,1H3,(H,17,19)/b13-11-. The Kier molecular flexibility index (Phi) is 6.73. The summed E-state index contributed by atoms with van der Waals surface area (Å²) >= 11 is 2.53. The lowest BCUT2D eigenvalue weighted by atomic mass is 10.2. The fraction of sp³-hybridized carbons (Fsp3) is 0.312. The summed E-state index contributed by atoms with van der Waals surface area (Å²) in [7, 11) is 0. The quantitative estimate of drug-likeness (QED) is 0.766. The van der Waals surface area contributed by atoms with E-state index in [-0.39, 0.29) is 30.1 Å². The Hall–Kier alpha value is -1.73. The lowest BCUT2D eigenvalue weighted by molar-refractivity contribution is -0.124. The monoisotopic (exact) mass is 350 g/mol. The lowest BCUT2D eigenvalue weighted by Gasteiger charge is -2.12. The molecule has 0 atom stereocenters. The molecule has 2 rings (SSSR count). The second-order valence-corrected chi connectivity index (χ2v) is 6.82. The van der Waals surface area contributed by atoms with Crippen molar-refractivity contribution in [3.8, 4) is 0 Å². The molecule has 3 amide bonds. The van der Waals surface area contributed by atoms with Crippen LogP contribution in [0.1, 0.15) is 12.0 Å². The number of nitrogens with zero attached hydrogens (tertiary/aromatic N) is 1. The van der Waals surface area contributed by atoms with E-state index < -0.39 is 0 Å². The van der Waals surface area contributed by atoms with Gasteiger partial charge in [-0.2, -0.15) is 11.8 Å². The van der Waals surface area contributed by atoms with E-state index in [0.29, 0.717) is 11.3 Å². The van der Waals surface area contributed by atoms with Crippen molar-refractivity contribution in [2.45, 2.75) is 6.42 Å². The van der Waals surface area contributed by atoms with Gasteiger partial charge in [0.05, 0.1) is 4.91 Å². The van der Waals surface area contributed by atoms with E-state index in [1.165, 1.54) is 4.90 Å². The molecule has 1 heterocycles. The van der Waals surface area contributed by atoms with Gasteiger partial charge in [0.15, 0.2) is 0 Å². The smallest absolute Gasteiger partial charge is 0.293 e. The topological polar surface area (TPSA) is 66.5 Å². The second-order valence-electron chi connectivity index (χ2n) is 4.84. The molecule has 1 N–H and O–H groups in total. The third-order valence-electron chi connectivity index (χ3n) is 3.16. The van der Waals surface area contributed by atoms with Crippen molar-refractivity contribution in [1.82, 2.24) is 10.2 Å². The van der Waals surface area contributed by atoms with Crippen LogP contribution in [0.3, 0.4) is 0 Å². The van der Waals surface area contributed by atoms with E-state index in [1.54, 1.807) is 17.8 Å². The van der Waals surface area contributed by atoms with Crippen LogP contribution in [-0.4, -0.2) is 47.1 Å². The van der Waals surface area contributed by atoms with Gasteiger partial charge in [-0.3, -0.25) is 19.3 Å². The third kappa shape index (κ3) is 5.14. The van der Waals surface area contributed by atoms with E-state index in [2.05, 4.69) is 5.32 Å². The van der Waals surface area contributed by atoms with Crippen molar-refractivity contribution in [3.63, 3.8) is 0 Å². The molecule has 0 aliphatic carbocycles. The van der Waals surface area contributed by atoms with Crippen molar-refractivity contribution in [1.29, 1.82) is 0 Å². The third-order valence-corrected chi connectivity index (χ3v) is 4.68. The maximum atomic E-state index is 12.3. The number of thioether (sulfide) groups is 2. The number of carbonyl (C=O) groups excluding carboxylic acids is 3. The molecule has 7 heteroatoms. The van der Waals surface area contributed by atoms with Crippen LogP contribution in [0.15, 0.2) is 35.2 Å². The first-order valence-corrected chi connectivity index (χ1v) is 9.39. The van der Waals surface area contributed by atoms with Gasteiger partial charge in [0.2, 0.25) is 5.91 Å². The predicted octanol–water partition coefficient (Wildman–Crippen LogP) is 2.59. The number of carbonyl (C=O) groups is 3. The summed E-state index contributed by atoms with van der Waals surface area (Å²) < 4.78 is 0. The minimum Gasteiger partial charge on any atom is -0.354 e. The van der Waals surface area contributed by atoms with Crippen LogP contribution in [0.25, 0.3) is 6.08 Å². The first kappa shape index (κ1) is 17.6. The molecule has 1 saturated heterocycles. The zero-order valence-corrected chi connectivity index (χ0v) is 14.4. The van der Waals surface area contributed by atoms with Gasteiger partial charge in [0, 0.05) is 25.3 Å². The normalized spacial score (nSPS) is 16.2. The Bertz CT molecular complexity index is 617. The predicted molar refractivity (Wildman–Crippen MR) is 95.1 cm³/mol. The molecule has 0 bridgehead atoms. The average Bonchev–Trinajstić information content (AvgIpc) is 2.81. The molecular weight excluding hydrogens is 332 g/mol. The molecule has 0 aromatic heterocycles. The fourth-order valence-electron chi connectivity index (χ4n) is 1.98. The Morgan fingerprint density at radius 3 is 2.74 bits per heavy atom. The van der Waals surface area contributed by atoms with Crippen LogP contribution in [0.4, 0.5) is 4.79 Å². The van der Waals surface area contributed by atoms with Gasteiger partial charge in [-0.05, 0) is 29.7 Å². The Labute approximate surface area is 143 Å². The summed E-state index contributed by atoms with van der Waals surface area (Å²) in [5.74, 6) is 0.390. The highest BCUT2D eigenvalue weighted by Gasteiger charge is 2.34. The summed E-state index contributed by atoms with van der Waals surface area (Å²) in [6.07, 6.45) is 4.09. The van der Waals surface area contributed by atoms with Crippen LogP contribution in [-0.2, 0) is 9.59 Å². The Morgan fingerprint density at radius 1 is 1.30 bits per heavy atom. The molecule has 0 saturated carbocycles. The highest BCUT2D eigenvalue weighted by Crippen LogP contribution is 2.31. The van der Waals surface area contributed by atoms with Crippen LogP contribution in [0.2, 0.25) is 0 Å². The number of amides is 3. The van der Waals surface area contributed by atoms with Crippen molar-refractivity contribution in [2.24, 2.45) is 0 Å².